The van der Waals surface area contributed by atoms with E-state index in [1.165, 1.54) is 18.5 Å². The molecule has 0 fully saturated rings. The van der Waals surface area contributed by atoms with Gasteiger partial charge in [0.25, 0.3) is 5.91 Å². The molecule has 0 bridgehead atoms. The summed E-state index contributed by atoms with van der Waals surface area (Å²) in [5.74, 6) is -1.95. The molecule has 0 radical (unpaired) electrons. The Balaban J connectivity index is 2.25. The highest BCUT2D eigenvalue weighted by atomic mass is 35.5. The molecule has 0 aromatic carbocycles. The molecule has 0 aliphatic rings. The lowest BCUT2D eigenvalue weighted by atomic mass is 10.3. The number of rotatable bonds is 3. The summed E-state index contributed by atoms with van der Waals surface area (Å²) in [6.45, 7) is 0. The third-order valence-corrected chi connectivity index (χ3v) is 2.41. The van der Waals surface area contributed by atoms with E-state index in [2.05, 4.69) is 20.3 Å². The molecule has 7 nitrogen and oxygen atoms in total. The molecule has 0 spiro atoms. The molecule has 0 aliphatic heterocycles. The molecule has 18 heavy (non-hydrogen) atoms. The number of carbonyl (C=O) groups is 2. The van der Waals surface area contributed by atoms with Crippen LogP contribution in [0.3, 0.4) is 0 Å². The molecule has 2 rings (SSSR count). The van der Waals surface area contributed by atoms with Gasteiger partial charge in [-0.2, -0.15) is 0 Å². The zero-order valence-corrected chi connectivity index (χ0v) is 9.60. The van der Waals surface area contributed by atoms with E-state index in [1.54, 1.807) is 0 Å². The number of carboxylic acids is 1. The van der Waals surface area contributed by atoms with Gasteiger partial charge in [0.1, 0.15) is 0 Å². The van der Waals surface area contributed by atoms with Gasteiger partial charge in [-0.05, 0) is 6.07 Å². The van der Waals surface area contributed by atoms with Crippen molar-refractivity contribution in [1.82, 2.24) is 15.0 Å². The fourth-order valence-electron chi connectivity index (χ4n) is 1.28. The summed E-state index contributed by atoms with van der Waals surface area (Å²) in [5.41, 5.74) is -0.224. The zero-order chi connectivity index (χ0) is 13.1. The van der Waals surface area contributed by atoms with Crippen LogP contribution in [-0.2, 0) is 0 Å². The Bertz CT molecular complexity index is 611. The van der Waals surface area contributed by atoms with E-state index >= 15 is 0 Å². The number of hydrogen-bond donors (Lipinski definition) is 3. The molecule has 2 aromatic heterocycles. The predicted octanol–water partition coefficient (Wildman–Crippen LogP) is 1.41. The summed E-state index contributed by atoms with van der Waals surface area (Å²) < 4.78 is 0. The highest BCUT2D eigenvalue weighted by molar-refractivity contribution is 6.33. The van der Waals surface area contributed by atoms with Gasteiger partial charge in [-0.1, -0.05) is 11.6 Å². The number of imidazole rings is 1. The number of aromatic amines is 1. The maximum atomic E-state index is 11.8. The number of nitrogens with zero attached hydrogens (tertiary/aromatic N) is 2. The summed E-state index contributed by atoms with van der Waals surface area (Å²) in [5, 5.41) is 11.6. The molecule has 1 amide bonds. The first-order valence-corrected chi connectivity index (χ1v) is 5.15. The Hall–Kier alpha value is -2.41. The number of H-pyrrole nitrogens is 1. The molecule has 0 saturated carbocycles. The molecule has 92 valence electrons. The van der Waals surface area contributed by atoms with E-state index in [4.69, 9.17) is 16.7 Å². The molecule has 0 aliphatic carbocycles. The lowest BCUT2D eigenvalue weighted by Gasteiger charge is -2.04. The van der Waals surface area contributed by atoms with Gasteiger partial charge < -0.3 is 15.4 Å². The van der Waals surface area contributed by atoms with E-state index in [0.29, 0.717) is 5.02 Å². The zero-order valence-electron chi connectivity index (χ0n) is 8.85. The second-order valence-corrected chi connectivity index (χ2v) is 3.65. The van der Waals surface area contributed by atoms with E-state index in [0.717, 1.165) is 6.33 Å². The fourth-order valence-corrected chi connectivity index (χ4v) is 1.43. The van der Waals surface area contributed by atoms with Crippen molar-refractivity contribution in [1.29, 1.82) is 0 Å². The SMILES string of the molecule is O=C(Nc1cnccc1Cl)c1nc[nH]c1C(=O)O. The third-order valence-electron chi connectivity index (χ3n) is 2.08. The summed E-state index contributed by atoms with van der Waals surface area (Å²) in [6, 6.07) is 1.50. The molecule has 2 aromatic rings. The highest BCUT2D eigenvalue weighted by Crippen LogP contribution is 2.20. The maximum Gasteiger partial charge on any atom is 0.354 e. The molecule has 3 N–H and O–H groups in total. The van der Waals surface area contributed by atoms with Crippen molar-refractivity contribution >= 4 is 29.2 Å². The Morgan fingerprint density at radius 2 is 2.22 bits per heavy atom. The smallest absolute Gasteiger partial charge is 0.354 e. The second kappa shape index (κ2) is 4.84. The number of hydrogen-bond acceptors (Lipinski definition) is 4. The van der Waals surface area contributed by atoms with Crippen LogP contribution in [0.4, 0.5) is 5.69 Å². The van der Waals surface area contributed by atoms with Gasteiger partial charge in [-0.25, -0.2) is 9.78 Å². The van der Waals surface area contributed by atoms with Crippen LogP contribution in [0.5, 0.6) is 0 Å². The maximum absolute atomic E-state index is 11.8. The van der Waals surface area contributed by atoms with Crippen LogP contribution in [0.25, 0.3) is 0 Å². The standard InChI is InChI=1S/C10H7ClN4O3/c11-5-1-2-12-3-6(5)15-9(16)7-8(10(17)18)14-4-13-7/h1-4H,(H,13,14)(H,15,16)(H,17,18). The summed E-state index contributed by atoms with van der Waals surface area (Å²) >= 11 is 5.83. The summed E-state index contributed by atoms with van der Waals surface area (Å²) in [7, 11) is 0. The van der Waals surface area contributed by atoms with Crippen LogP contribution in [0, 0.1) is 0 Å². The van der Waals surface area contributed by atoms with Gasteiger partial charge in [0, 0.05) is 6.20 Å². The van der Waals surface area contributed by atoms with Crippen molar-refractivity contribution in [2.75, 3.05) is 5.32 Å². The van der Waals surface area contributed by atoms with E-state index in [1.807, 2.05) is 0 Å². The molecule has 0 saturated heterocycles. The first-order valence-electron chi connectivity index (χ1n) is 4.77. The average Bonchev–Trinajstić information content (AvgIpc) is 2.81. The predicted molar refractivity (Wildman–Crippen MR) is 62.7 cm³/mol. The lowest BCUT2D eigenvalue weighted by Crippen LogP contribution is -2.16. The molecule has 2 heterocycles. The van der Waals surface area contributed by atoms with Gasteiger partial charge in [0.15, 0.2) is 11.4 Å². The van der Waals surface area contributed by atoms with Crippen LogP contribution in [0.15, 0.2) is 24.8 Å². The van der Waals surface area contributed by atoms with Crippen LogP contribution >= 0.6 is 11.6 Å². The van der Waals surface area contributed by atoms with Gasteiger partial charge in [-0.15, -0.1) is 0 Å². The number of carbonyl (C=O) groups excluding carboxylic acids is 1. The molecular formula is C10H7ClN4O3. The number of nitrogens with one attached hydrogen (secondary N) is 2. The second-order valence-electron chi connectivity index (χ2n) is 3.24. The molecule has 0 atom stereocenters. The van der Waals surface area contributed by atoms with Crippen LogP contribution in [0.2, 0.25) is 5.02 Å². The normalized spacial score (nSPS) is 10.1. The van der Waals surface area contributed by atoms with Gasteiger partial charge >= 0.3 is 5.97 Å². The molecule has 8 heteroatoms. The number of halogens is 1. The monoisotopic (exact) mass is 266 g/mol. The number of aromatic carboxylic acids is 1. The Morgan fingerprint density at radius 3 is 2.89 bits per heavy atom. The minimum absolute atomic E-state index is 0.220. The van der Waals surface area contributed by atoms with Gasteiger partial charge in [0.2, 0.25) is 0 Å². The molecule has 0 unspecified atom stereocenters. The van der Waals surface area contributed by atoms with E-state index < -0.39 is 11.9 Å². The third kappa shape index (κ3) is 2.30. The largest absolute Gasteiger partial charge is 0.477 e. The quantitative estimate of drug-likeness (QED) is 0.778. The van der Waals surface area contributed by atoms with Crippen LogP contribution < -0.4 is 5.32 Å². The number of pyridine rings is 1. The minimum atomic E-state index is -1.27. The Morgan fingerprint density at radius 1 is 1.44 bits per heavy atom. The number of anilines is 1. The van der Waals surface area contributed by atoms with Gasteiger partial charge in [-0.3, -0.25) is 9.78 Å². The van der Waals surface area contributed by atoms with E-state index in [-0.39, 0.29) is 17.1 Å². The first-order chi connectivity index (χ1) is 8.59. The number of carboxylic acid groups (broad SMARTS) is 1. The van der Waals surface area contributed by atoms with Gasteiger partial charge in [0.05, 0.1) is 23.2 Å². The van der Waals surface area contributed by atoms with Crippen molar-refractivity contribution in [3.05, 3.63) is 41.2 Å². The number of amides is 1. The van der Waals surface area contributed by atoms with Crippen molar-refractivity contribution in [2.24, 2.45) is 0 Å². The summed E-state index contributed by atoms with van der Waals surface area (Å²) in [4.78, 5) is 32.4. The topological polar surface area (TPSA) is 108 Å². The first kappa shape index (κ1) is 12.1. The number of aromatic nitrogens is 3. The van der Waals surface area contributed by atoms with Crippen molar-refractivity contribution in [2.45, 2.75) is 0 Å². The average molecular weight is 267 g/mol. The van der Waals surface area contributed by atoms with Crippen LogP contribution in [-0.4, -0.2) is 31.9 Å². The van der Waals surface area contributed by atoms with E-state index in [9.17, 15) is 9.59 Å². The molecular weight excluding hydrogens is 260 g/mol. The fraction of sp³-hybridized carbons (Fsp3) is 0. The Kier molecular flexibility index (Phi) is 3.24. The Labute approximate surface area is 106 Å². The highest BCUT2D eigenvalue weighted by Gasteiger charge is 2.20. The minimum Gasteiger partial charge on any atom is -0.477 e. The lowest BCUT2D eigenvalue weighted by molar-refractivity contribution is 0.0686. The van der Waals surface area contributed by atoms with Crippen LogP contribution in [0.1, 0.15) is 21.0 Å². The van der Waals surface area contributed by atoms with Crippen molar-refractivity contribution in [3.63, 3.8) is 0 Å². The summed E-state index contributed by atoms with van der Waals surface area (Å²) in [6.07, 6.45) is 3.95. The van der Waals surface area contributed by atoms with Crippen molar-refractivity contribution in [3.8, 4) is 0 Å². The van der Waals surface area contributed by atoms with Crippen molar-refractivity contribution < 1.29 is 14.7 Å².